The van der Waals surface area contributed by atoms with Crippen LogP contribution in [-0.4, -0.2) is 19.2 Å². The monoisotopic (exact) mass is 276 g/mol. The lowest BCUT2D eigenvalue weighted by atomic mass is 9.85. The third-order valence-electron chi connectivity index (χ3n) is 4.09. The third kappa shape index (κ3) is 3.99. The summed E-state index contributed by atoms with van der Waals surface area (Å²) < 4.78 is 10.7. The highest BCUT2D eigenvalue weighted by Gasteiger charge is 2.23. The maximum atomic E-state index is 12.1. The molecule has 3 heteroatoms. The lowest BCUT2D eigenvalue weighted by Gasteiger charge is -2.28. The summed E-state index contributed by atoms with van der Waals surface area (Å²) in [5, 5.41) is 0. The summed E-state index contributed by atoms with van der Waals surface area (Å²) >= 11 is 0. The lowest BCUT2D eigenvalue weighted by molar-refractivity contribution is 0.0161. The molecule has 0 heterocycles. The normalized spacial score (nSPS) is 22.3. The Morgan fingerprint density at radius 1 is 1.15 bits per heavy atom. The Morgan fingerprint density at radius 3 is 2.35 bits per heavy atom. The molecule has 0 bridgehead atoms. The summed E-state index contributed by atoms with van der Waals surface area (Å²) in [6.45, 7) is 2.23. The first-order chi connectivity index (χ1) is 9.72. The van der Waals surface area contributed by atoms with Gasteiger partial charge in [-0.15, -0.1) is 0 Å². The van der Waals surface area contributed by atoms with Crippen molar-refractivity contribution in [2.24, 2.45) is 5.92 Å². The van der Waals surface area contributed by atoms with Gasteiger partial charge in [0.05, 0.1) is 12.7 Å². The van der Waals surface area contributed by atoms with Crippen molar-refractivity contribution in [2.45, 2.75) is 51.6 Å². The molecule has 0 spiro atoms. The molecule has 0 aliphatic heterocycles. The zero-order valence-corrected chi connectivity index (χ0v) is 12.4. The molecular formula is C17H24O3. The number of methoxy groups -OCH3 is 1. The largest absolute Gasteiger partial charge is 0.497 e. The minimum atomic E-state index is -0.216. The molecule has 1 fully saturated rings. The second-order valence-electron chi connectivity index (χ2n) is 5.57. The summed E-state index contributed by atoms with van der Waals surface area (Å²) in [4.78, 5) is 12.1. The Morgan fingerprint density at radius 2 is 1.80 bits per heavy atom. The predicted molar refractivity (Wildman–Crippen MR) is 79.1 cm³/mol. The van der Waals surface area contributed by atoms with Crippen molar-refractivity contribution in [1.82, 2.24) is 0 Å². The summed E-state index contributed by atoms with van der Waals surface area (Å²) in [6, 6.07) is 7.08. The zero-order valence-electron chi connectivity index (χ0n) is 12.4. The van der Waals surface area contributed by atoms with Crippen LogP contribution in [0.3, 0.4) is 0 Å². The van der Waals surface area contributed by atoms with E-state index in [1.165, 1.54) is 25.7 Å². The molecule has 0 amide bonds. The van der Waals surface area contributed by atoms with Gasteiger partial charge in [0.2, 0.25) is 0 Å². The van der Waals surface area contributed by atoms with Crippen LogP contribution in [0, 0.1) is 5.92 Å². The number of carbonyl (C=O) groups excluding carboxylic acids is 1. The summed E-state index contributed by atoms with van der Waals surface area (Å²) in [5.41, 5.74) is 0.599. The molecule has 20 heavy (non-hydrogen) atoms. The number of hydrogen-bond donors (Lipinski definition) is 0. The maximum absolute atomic E-state index is 12.1. The van der Waals surface area contributed by atoms with Crippen molar-refractivity contribution in [3.05, 3.63) is 29.8 Å². The molecular weight excluding hydrogens is 252 g/mol. The van der Waals surface area contributed by atoms with E-state index in [0.29, 0.717) is 5.56 Å². The van der Waals surface area contributed by atoms with Crippen LogP contribution in [0.5, 0.6) is 5.75 Å². The standard InChI is InChI=1S/C17H24O3/c1-3-4-13-5-9-16(10-6-13)20-17(18)14-7-11-15(19-2)12-8-14/h7-8,11-13,16H,3-6,9-10H2,1-2H3. The zero-order chi connectivity index (χ0) is 14.4. The number of hydrogen-bond acceptors (Lipinski definition) is 3. The van der Waals surface area contributed by atoms with Gasteiger partial charge >= 0.3 is 5.97 Å². The van der Waals surface area contributed by atoms with Crippen LogP contribution in [0.15, 0.2) is 24.3 Å². The van der Waals surface area contributed by atoms with Crippen molar-refractivity contribution < 1.29 is 14.3 Å². The second-order valence-corrected chi connectivity index (χ2v) is 5.57. The molecule has 1 aliphatic carbocycles. The quantitative estimate of drug-likeness (QED) is 0.756. The van der Waals surface area contributed by atoms with E-state index in [1.807, 2.05) is 0 Å². The van der Waals surface area contributed by atoms with E-state index >= 15 is 0 Å². The highest BCUT2D eigenvalue weighted by atomic mass is 16.5. The molecule has 0 radical (unpaired) electrons. The van der Waals surface area contributed by atoms with Gasteiger partial charge in [-0.1, -0.05) is 19.8 Å². The molecule has 3 nitrogen and oxygen atoms in total. The minimum Gasteiger partial charge on any atom is -0.497 e. The minimum absolute atomic E-state index is 0.0951. The summed E-state index contributed by atoms with van der Waals surface area (Å²) in [5.74, 6) is 1.36. The van der Waals surface area contributed by atoms with Crippen molar-refractivity contribution >= 4 is 5.97 Å². The SMILES string of the molecule is CCCC1CCC(OC(=O)c2ccc(OC)cc2)CC1. The van der Waals surface area contributed by atoms with Crippen molar-refractivity contribution in [1.29, 1.82) is 0 Å². The molecule has 1 aliphatic rings. The first-order valence-corrected chi connectivity index (χ1v) is 7.58. The van der Waals surface area contributed by atoms with Gasteiger partial charge in [0, 0.05) is 0 Å². The Labute approximate surface area is 121 Å². The highest BCUT2D eigenvalue weighted by molar-refractivity contribution is 5.89. The first kappa shape index (κ1) is 14.9. The number of carbonyl (C=O) groups is 1. The van der Waals surface area contributed by atoms with Crippen LogP contribution in [0.4, 0.5) is 0 Å². The molecule has 1 saturated carbocycles. The third-order valence-corrected chi connectivity index (χ3v) is 4.09. The Kier molecular flexibility index (Phi) is 5.45. The average molecular weight is 276 g/mol. The molecule has 1 aromatic carbocycles. The summed E-state index contributed by atoms with van der Waals surface area (Å²) in [7, 11) is 1.61. The molecule has 0 N–H and O–H groups in total. The molecule has 0 atom stereocenters. The van der Waals surface area contributed by atoms with Gasteiger partial charge in [-0.05, 0) is 55.9 Å². The second kappa shape index (κ2) is 7.32. The van der Waals surface area contributed by atoms with Crippen molar-refractivity contribution in [2.75, 3.05) is 7.11 Å². The van der Waals surface area contributed by atoms with Crippen LogP contribution in [-0.2, 0) is 4.74 Å². The van der Waals surface area contributed by atoms with E-state index in [1.54, 1.807) is 31.4 Å². The van der Waals surface area contributed by atoms with E-state index in [9.17, 15) is 4.79 Å². The van der Waals surface area contributed by atoms with Crippen LogP contribution in [0.1, 0.15) is 55.8 Å². The topological polar surface area (TPSA) is 35.5 Å². The van der Waals surface area contributed by atoms with Gasteiger partial charge in [-0.3, -0.25) is 0 Å². The van der Waals surface area contributed by atoms with Gasteiger partial charge in [-0.25, -0.2) is 4.79 Å². The van der Waals surface area contributed by atoms with Gasteiger partial charge in [0.25, 0.3) is 0 Å². The Hall–Kier alpha value is -1.51. The van der Waals surface area contributed by atoms with E-state index < -0.39 is 0 Å². The lowest BCUT2D eigenvalue weighted by Crippen LogP contribution is -2.24. The molecule has 0 saturated heterocycles. The van der Waals surface area contributed by atoms with Crippen LogP contribution >= 0.6 is 0 Å². The van der Waals surface area contributed by atoms with E-state index in [4.69, 9.17) is 9.47 Å². The molecule has 0 aromatic heterocycles. The highest BCUT2D eigenvalue weighted by Crippen LogP contribution is 2.29. The van der Waals surface area contributed by atoms with E-state index in [-0.39, 0.29) is 12.1 Å². The van der Waals surface area contributed by atoms with E-state index in [2.05, 4.69) is 6.92 Å². The van der Waals surface area contributed by atoms with Gasteiger partial charge in [0.15, 0.2) is 0 Å². The van der Waals surface area contributed by atoms with Crippen molar-refractivity contribution in [3.8, 4) is 5.75 Å². The Balaban J connectivity index is 1.82. The number of ether oxygens (including phenoxy) is 2. The summed E-state index contributed by atoms with van der Waals surface area (Å²) in [6.07, 6.45) is 7.04. The Bertz CT molecular complexity index is 416. The predicted octanol–water partition coefficient (Wildman–Crippen LogP) is 4.21. The van der Waals surface area contributed by atoms with Crippen LogP contribution in [0.25, 0.3) is 0 Å². The fourth-order valence-corrected chi connectivity index (χ4v) is 2.89. The van der Waals surface area contributed by atoms with Gasteiger partial charge in [-0.2, -0.15) is 0 Å². The number of benzene rings is 1. The maximum Gasteiger partial charge on any atom is 0.338 e. The molecule has 2 rings (SSSR count). The molecule has 110 valence electrons. The van der Waals surface area contributed by atoms with Crippen molar-refractivity contribution in [3.63, 3.8) is 0 Å². The van der Waals surface area contributed by atoms with E-state index in [0.717, 1.165) is 24.5 Å². The fraction of sp³-hybridized carbons (Fsp3) is 0.588. The molecule has 0 unspecified atom stereocenters. The van der Waals surface area contributed by atoms with Gasteiger partial charge < -0.3 is 9.47 Å². The fourth-order valence-electron chi connectivity index (χ4n) is 2.89. The molecule has 1 aromatic rings. The van der Waals surface area contributed by atoms with Crippen LogP contribution in [0.2, 0.25) is 0 Å². The van der Waals surface area contributed by atoms with Crippen LogP contribution < -0.4 is 4.74 Å². The number of esters is 1. The number of rotatable bonds is 5. The average Bonchev–Trinajstić information content (AvgIpc) is 2.49. The van der Waals surface area contributed by atoms with Gasteiger partial charge in [0.1, 0.15) is 11.9 Å². The smallest absolute Gasteiger partial charge is 0.338 e. The first-order valence-electron chi connectivity index (χ1n) is 7.58.